The van der Waals surface area contributed by atoms with E-state index in [1.54, 1.807) is 6.20 Å². The highest BCUT2D eigenvalue weighted by Crippen LogP contribution is 2.20. The van der Waals surface area contributed by atoms with Crippen LogP contribution in [0.25, 0.3) is 0 Å². The molecule has 4 nitrogen and oxygen atoms in total. The minimum Gasteiger partial charge on any atom is -0.352 e. The Morgan fingerprint density at radius 3 is 2.78 bits per heavy atom. The van der Waals surface area contributed by atoms with Gasteiger partial charge in [-0.2, -0.15) is 0 Å². The second-order valence-electron chi connectivity index (χ2n) is 4.04. The van der Waals surface area contributed by atoms with Gasteiger partial charge in [0.15, 0.2) is 0 Å². The number of hydrogen-bond acceptors (Lipinski definition) is 3. The molecule has 0 saturated heterocycles. The van der Waals surface area contributed by atoms with Gasteiger partial charge in [-0.1, -0.05) is 11.6 Å². The molecule has 0 unspecified atom stereocenters. The summed E-state index contributed by atoms with van der Waals surface area (Å²) >= 11 is 11.8. The van der Waals surface area contributed by atoms with E-state index in [0.29, 0.717) is 23.1 Å². The molecule has 0 N–H and O–H groups in total. The van der Waals surface area contributed by atoms with Crippen LogP contribution in [0.4, 0.5) is 5.82 Å². The monoisotopic (exact) mass is 284 g/mol. The molecule has 0 aromatic carbocycles. The summed E-state index contributed by atoms with van der Waals surface area (Å²) in [5.74, 6) is 2.11. The van der Waals surface area contributed by atoms with Gasteiger partial charge in [-0.3, -0.25) is 0 Å². The number of anilines is 1. The third-order valence-electron chi connectivity index (χ3n) is 2.72. The standard InChI is InChI=1S/C12H14Cl2N4/c1-17-6-5-15-12(17)8-18(2)11-4-3-9(14)10(7-13)16-11/h3-6H,7-8H2,1-2H3. The number of rotatable bonds is 4. The van der Waals surface area contributed by atoms with E-state index in [2.05, 4.69) is 9.97 Å². The van der Waals surface area contributed by atoms with Gasteiger partial charge in [0, 0.05) is 26.5 Å². The highest BCUT2D eigenvalue weighted by Gasteiger charge is 2.09. The van der Waals surface area contributed by atoms with Crippen molar-refractivity contribution in [3.05, 3.63) is 41.1 Å². The minimum atomic E-state index is 0.308. The lowest BCUT2D eigenvalue weighted by Crippen LogP contribution is -2.20. The molecular formula is C12H14Cl2N4. The molecule has 0 atom stereocenters. The maximum Gasteiger partial charge on any atom is 0.129 e. The summed E-state index contributed by atoms with van der Waals surface area (Å²) in [6.45, 7) is 0.680. The summed E-state index contributed by atoms with van der Waals surface area (Å²) < 4.78 is 1.98. The van der Waals surface area contributed by atoms with E-state index in [1.165, 1.54) is 0 Å². The normalized spacial score (nSPS) is 10.7. The van der Waals surface area contributed by atoms with Gasteiger partial charge in [0.1, 0.15) is 11.6 Å². The van der Waals surface area contributed by atoms with Gasteiger partial charge < -0.3 is 9.47 Å². The number of halogens is 2. The number of pyridine rings is 1. The van der Waals surface area contributed by atoms with E-state index < -0.39 is 0 Å². The molecule has 6 heteroatoms. The first-order chi connectivity index (χ1) is 8.61. The number of hydrogen-bond donors (Lipinski definition) is 0. The summed E-state index contributed by atoms with van der Waals surface area (Å²) in [6, 6.07) is 3.69. The first-order valence-electron chi connectivity index (χ1n) is 5.50. The van der Waals surface area contributed by atoms with Crippen LogP contribution in [0, 0.1) is 0 Å². The lowest BCUT2D eigenvalue weighted by Gasteiger charge is -2.18. The summed E-state index contributed by atoms with van der Waals surface area (Å²) in [4.78, 5) is 10.7. The van der Waals surface area contributed by atoms with Crippen LogP contribution in [0.1, 0.15) is 11.5 Å². The highest BCUT2D eigenvalue weighted by molar-refractivity contribution is 6.32. The molecule has 0 saturated carbocycles. The largest absolute Gasteiger partial charge is 0.352 e. The topological polar surface area (TPSA) is 34.0 Å². The van der Waals surface area contributed by atoms with E-state index in [1.807, 2.05) is 41.9 Å². The minimum absolute atomic E-state index is 0.308. The fourth-order valence-electron chi connectivity index (χ4n) is 1.62. The molecule has 2 rings (SSSR count). The van der Waals surface area contributed by atoms with Crippen molar-refractivity contribution in [2.45, 2.75) is 12.4 Å². The Morgan fingerprint density at radius 1 is 1.39 bits per heavy atom. The maximum absolute atomic E-state index is 5.99. The first kappa shape index (κ1) is 13.2. The molecule has 18 heavy (non-hydrogen) atoms. The van der Waals surface area contributed by atoms with Crippen LogP contribution in [-0.2, 0) is 19.5 Å². The van der Waals surface area contributed by atoms with Crippen LogP contribution in [-0.4, -0.2) is 21.6 Å². The smallest absolute Gasteiger partial charge is 0.129 e. The predicted octanol–water partition coefficient (Wildman–Crippen LogP) is 2.84. The Labute approximate surface area is 116 Å². The second-order valence-corrected chi connectivity index (χ2v) is 4.72. The molecular weight excluding hydrogens is 271 g/mol. The van der Waals surface area contributed by atoms with Crippen molar-refractivity contribution >= 4 is 29.0 Å². The lowest BCUT2D eigenvalue weighted by molar-refractivity contribution is 0.754. The number of alkyl halides is 1. The summed E-state index contributed by atoms with van der Waals surface area (Å²) in [5.41, 5.74) is 0.697. The van der Waals surface area contributed by atoms with Crippen molar-refractivity contribution in [3.63, 3.8) is 0 Å². The SMILES string of the molecule is CN(Cc1nccn1C)c1ccc(Cl)c(CCl)n1. The van der Waals surface area contributed by atoms with Crippen molar-refractivity contribution in [2.75, 3.05) is 11.9 Å². The maximum atomic E-state index is 5.99. The van der Waals surface area contributed by atoms with Gasteiger partial charge >= 0.3 is 0 Å². The fraction of sp³-hybridized carbons (Fsp3) is 0.333. The Bertz CT molecular complexity index is 539. The van der Waals surface area contributed by atoms with E-state index in [4.69, 9.17) is 23.2 Å². The molecule has 2 heterocycles. The highest BCUT2D eigenvalue weighted by atomic mass is 35.5. The van der Waals surface area contributed by atoms with Crippen LogP contribution < -0.4 is 4.90 Å². The molecule has 0 fully saturated rings. The summed E-state index contributed by atoms with van der Waals surface area (Å²) in [7, 11) is 3.93. The van der Waals surface area contributed by atoms with E-state index in [-0.39, 0.29) is 0 Å². The van der Waals surface area contributed by atoms with Gasteiger partial charge in [-0.05, 0) is 12.1 Å². The third kappa shape index (κ3) is 2.76. The molecule has 0 bridgehead atoms. The zero-order valence-electron chi connectivity index (χ0n) is 10.3. The molecule has 0 aliphatic carbocycles. The Kier molecular flexibility index (Phi) is 4.09. The van der Waals surface area contributed by atoms with Crippen molar-refractivity contribution in [1.82, 2.24) is 14.5 Å². The lowest BCUT2D eigenvalue weighted by atomic mass is 10.3. The third-order valence-corrected chi connectivity index (χ3v) is 3.32. The van der Waals surface area contributed by atoms with Gasteiger partial charge in [0.25, 0.3) is 0 Å². The van der Waals surface area contributed by atoms with E-state index in [0.717, 1.165) is 11.6 Å². The Morgan fingerprint density at radius 2 is 2.17 bits per heavy atom. The number of imidazole rings is 1. The number of aromatic nitrogens is 3. The average Bonchev–Trinajstić information content (AvgIpc) is 2.75. The predicted molar refractivity (Wildman–Crippen MR) is 74.1 cm³/mol. The molecule has 0 spiro atoms. The van der Waals surface area contributed by atoms with Gasteiger partial charge in [0.05, 0.1) is 23.1 Å². The quantitative estimate of drug-likeness (QED) is 0.810. The zero-order valence-corrected chi connectivity index (χ0v) is 11.8. The van der Waals surface area contributed by atoms with Crippen molar-refractivity contribution in [1.29, 1.82) is 0 Å². The fourth-order valence-corrected chi connectivity index (χ4v) is 2.07. The van der Waals surface area contributed by atoms with Gasteiger partial charge in [0.2, 0.25) is 0 Å². The molecule has 0 amide bonds. The van der Waals surface area contributed by atoms with Crippen LogP contribution in [0.3, 0.4) is 0 Å². The van der Waals surface area contributed by atoms with Crippen molar-refractivity contribution in [2.24, 2.45) is 7.05 Å². The van der Waals surface area contributed by atoms with Crippen LogP contribution in [0.15, 0.2) is 24.5 Å². The molecule has 2 aromatic heterocycles. The number of nitrogens with zero attached hydrogens (tertiary/aromatic N) is 4. The molecule has 0 aliphatic rings. The van der Waals surface area contributed by atoms with E-state index >= 15 is 0 Å². The molecule has 96 valence electrons. The Hall–Kier alpha value is -1.26. The first-order valence-corrected chi connectivity index (χ1v) is 6.41. The summed E-state index contributed by atoms with van der Waals surface area (Å²) in [6.07, 6.45) is 3.70. The Balaban J connectivity index is 2.18. The molecule has 0 radical (unpaired) electrons. The van der Waals surface area contributed by atoms with Gasteiger partial charge in [-0.15, -0.1) is 11.6 Å². The number of aryl methyl sites for hydroxylation is 1. The van der Waals surface area contributed by atoms with Gasteiger partial charge in [-0.25, -0.2) is 9.97 Å². The van der Waals surface area contributed by atoms with E-state index in [9.17, 15) is 0 Å². The zero-order chi connectivity index (χ0) is 13.1. The molecule has 0 aliphatic heterocycles. The van der Waals surface area contributed by atoms with Crippen LogP contribution in [0.5, 0.6) is 0 Å². The second kappa shape index (κ2) is 5.59. The van der Waals surface area contributed by atoms with Crippen LogP contribution >= 0.6 is 23.2 Å². The average molecular weight is 285 g/mol. The van der Waals surface area contributed by atoms with Crippen LogP contribution in [0.2, 0.25) is 5.02 Å². The van der Waals surface area contributed by atoms with Crippen molar-refractivity contribution in [3.8, 4) is 0 Å². The molecule has 2 aromatic rings. The summed E-state index contributed by atoms with van der Waals surface area (Å²) in [5, 5.41) is 0.596. The van der Waals surface area contributed by atoms with Crippen molar-refractivity contribution < 1.29 is 0 Å².